The highest BCUT2D eigenvalue weighted by Crippen LogP contribution is 2.29. The predicted molar refractivity (Wildman–Crippen MR) is 84.7 cm³/mol. The van der Waals surface area contributed by atoms with E-state index in [1.807, 2.05) is 0 Å². The first kappa shape index (κ1) is 17.3. The Labute approximate surface area is 142 Å². The molecule has 12 heteroatoms. The number of nitro benzene ring substituents is 1. The molecule has 11 nitrogen and oxygen atoms in total. The lowest BCUT2D eigenvalue weighted by molar-refractivity contribution is -0.390. The minimum Gasteiger partial charge on any atom is -0.506 e. The normalized spacial score (nSPS) is 10.4. The first-order valence-corrected chi connectivity index (χ1v) is 7.14. The van der Waals surface area contributed by atoms with Crippen LogP contribution >= 0.6 is 15.9 Å². The van der Waals surface area contributed by atoms with E-state index in [0.29, 0.717) is 5.69 Å². The molecule has 0 aliphatic rings. The minimum absolute atomic E-state index is 0.146. The highest BCUT2D eigenvalue weighted by Gasteiger charge is 2.25. The van der Waals surface area contributed by atoms with Gasteiger partial charge in [0.2, 0.25) is 5.91 Å². The fraction of sp³-hybridized carbons (Fsp3) is 0.167. The zero-order chi connectivity index (χ0) is 18.0. The van der Waals surface area contributed by atoms with Gasteiger partial charge in [-0.3, -0.25) is 14.9 Å². The van der Waals surface area contributed by atoms with Gasteiger partial charge in [0.1, 0.15) is 16.8 Å². The van der Waals surface area contributed by atoms with Gasteiger partial charge >= 0.3 is 5.82 Å². The van der Waals surface area contributed by atoms with Crippen LogP contribution in [0.15, 0.2) is 22.7 Å². The van der Waals surface area contributed by atoms with Crippen LogP contribution in [0.5, 0.6) is 5.75 Å². The number of nitrogens with zero attached hydrogens (tertiary/aromatic N) is 4. The van der Waals surface area contributed by atoms with Gasteiger partial charge in [-0.15, -0.1) is 0 Å². The lowest BCUT2D eigenvalue weighted by atomic mass is 10.2. The minimum atomic E-state index is -0.697. The maximum atomic E-state index is 12.0. The van der Waals surface area contributed by atoms with E-state index in [9.17, 15) is 30.1 Å². The highest BCUT2D eigenvalue weighted by atomic mass is 79.9. The maximum Gasteiger partial charge on any atom is 0.404 e. The lowest BCUT2D eigenvalue weighted by Crippen LogP contribution is -2.20. The van der Waals surface area contributed by atoms with Crippen LogP contribution in [-0.2, 0) is 11.3 Å². The molecule has 1 amide bonds. The van der Waals surface area contributed by atoms with Gasteiger partial charge in [-0.2, -0.15) is 4.68 Å². The molecule has 0 aliphatic carbocycles. The van der Waals surface area contributed by atoms with Gasteiger partial charge < -0.3 is 20.5 Å². The van der Waals surface area contributed by atoms with E-state index in [1.165, 1.54) is 6.92 Å². The van der Waals surface area contributed by atoms with Crippen molar-refractivity contribution in [3.8, 4) is 5.75 Å². The Morgan fingerprint density at radius 2 is 2.04 bits per heavy atom. The summed E-state index contributed by atoms with van der Waals surface area (Å²) in [5, 5.41) is 37.2. The Kier molecular flexibility index (Phi) is 4.78. The summed E-state index contributed by atoms with van der Waals surface area (Å²) >= 11 is 3.02. The summed E-state index contributed by atoms with van der Waals surface area (Å²) in [5.41, 5.74) is -0.0931. The fourth-order valence-corrected chi connectivity index (χ4v) is 2.27. The van der Waals surface area contributed by atoms with E-state index < -0.39 is 21.6 Å². The fourth-order valence-electron chi connectivity index (χ4n) is 1.84. The topological polar surface area (TPSA) is 153 Å². The Balaban J connectivity index is 2.20. The summed E-state index contributed by atoms with van der Waals surface area (Å²) in [5.74, 6) is -1.45. The third kappa shape index (κ3) is 3.48. The second kappa shape index (κ2) is 6.62. The van der Waals surface area contributed by atoms with Crippen LogP contribution < -0.4 is 5.32 Å². The Morgan fingerprint density at radius 1 is 1.38 bits per heavy atom. The SMILES string of the molecule is Cc1c(Br)c([N+](=O)[O-])nn1CC(=O)Nc1cc([N+](=O)[O-])ccc1O. The highest BCUT2D eigenvalue weighted by molar-refractivity contribution is 9.10. The zero-order valence-electron chi connectivity index (χ0n) is 12.1. The number of hydrogen-bond acceptors (Lipinski definition) is 7. The number of benzene rings is 1. The van der Waals surface area contributed by atoms with E-state index in [1.54, 1.807) is 0 Å². The molecule has 1 heterocycles. The van der Waals surface area contributed by atoms with Crippen molar-refractivity contribution in [2.24, 2.45) is 0 Å². The average Bonchev–Trinajstić information content (AvgIpc) is 2.77. The number of nitro groups is 2. The number of carbonyl (C=O) groups is 1. The smallest absolute Gasteiger partial charge is 0.404 e. The molecule has 1 aromatic carbocycles. The zero-order valence-corrected chi connectivity index (χ0v) is 13.7. The Morgan fingerprint density at radius 3 is 2.58 bits per heavy atom. The molecule has 0 atom stereocenters. The summed E-state index contributed by atoms with van der Waals surface area (Å²) in [4.78, 5) is 32.2. The monoisotopic (exact) mass is 399 g/mol. The number of phenolic OH excluding ortho intramolecular Hbond substituents is 1. The van der Waals surface area contributed by atoms with Crippen molar-refractivity contribution in [1.29, 1.82) is 0 Å². The number of amides is 1. The largest absolute Gasteiger partial charge is 0.506 e. The number of aromatic nitrogens is 2. The number of phenols is 1. The summed E-state index contributed by atoms with van der Waals surface area (Å²) in [6.45, 7) is 1.16. The van der Waals surface area contributed by atoms with Gasteiger partial charge in [0.05, 0.1) is 21.4 Å². The number of carbonyl (C=O) groups excluding carboxylic acids is 1. The number of aromatic hydroxyl groups is 1. The summed E-state index contributed by atoms with van der Waals surface area (Å²) in [7, 11) is 0. The average molecular weight is 400 g/mol. The number of nitrogens with one attached hydrogen (secondary N) is 1. The first-order chi connectivity index (χ1) is 11.2. The molecule has 0 bridgehead atoms. The molecule has 0 fully saturated rings. The van der Waals surface area contributed by atoms with E-state index in [4.69, 9.17) is 0 Å². The Hall–Kier alpha value is -3.02. The molecule has 0 radical (unpaired) electrons. The summed E-state index contributed by atoms with van der Waals surface area (Å²) < 4.78 is 1.25. The molecule has 126 valence electrons. The lowest BCUT2D eigenvalue weighted by Gasteiger charge is -2.06. The van der Waals surface area contributed by atoms with Crippen molar-refractivity contribution < 1.29 is 19.7 Å². The van der Waals surface area contributed by atoms with Crippen LogP contribution in [0.3, 0.4) is 0 Å². The number of rotatable bonds is 5. The van der Waals surface area contributed by atoms with Crippen LogP contribution in [-0.4, -0.2) is 30.6 Å². The summed E-state index contributed by atoms with van der Waals surface area (Å²) in [6, 6.07) is 3.17. The van der Waals surface area contributed by atoms with Crippen molar-refractivity contribution >= 4 is 39.0 Å². The third-order valence-electron chi connectivity index (χ3n) is 3.05. The molecule has 2 N–H and O–H groups in total. The van der Waals surface area contributed by atoms with Gasteiger partial charge in [-0.1, -0.05) is 0 Å². The van der Waals surface area contributed by atoms with E-state index >= 15 is 0 Å². The molecule has 1 aromatic heterocycles. The van der Waals surface area contributed by atoms with Crippen LogP contribution in [0.2, 0.25) is 0 Å². The van der Waals surface area contributed by atoms with Gasteiger partial charge in [0.15, 0.2) is 0 Å². The standard InChI is InChI=1S/C12H10BrN5O6/c1-6-11(13)12(18(23)24)15-16(6)5-10(20)14-8-4-7(17(21)22)2-3-9(8)19/h2-4,19H,5H2,1H3,(H,14,20). The molecule has 0 aliphatic heterocycles. The van der Waals surface area contributed by atoms with Crippen LogP contribution in [0.4, 0.5) is 17.2 Å². The van der Waals surface area contributed by atoms with Crippen LogP contribution in [0.25, 0.3) is 0 Å². The molecule has 24 heavy (non-hydrogen) atoms. The molecule has 0 spiro atoms. The van der Waals surface area contributed by atoms with Crippen LogP contribution in [0, 0.1) is 27.2 Å². The van der Waals surface area contributed by atoms with Crippen LogP contribution in [0.1, 0.15) is 5.69 Å². The predicted octanol–water partition coefficient (Wildman–Crippen LogP) is 2.11. The molecule has 2 rings (SSSR count). The van der Waals surface area contributed by atoms with Gasteiger partial charge in [-0.05, 0) is 33.8 Å². The van der Waals surface area contributed by atoms with Gasteiger partial charge in [0, 0.05) is 12.1 Å². The van der Waals surface area contributed by atoms with Crippen molar-refractivity contribution in [2.45, 2.75) is 13.5 Å². The number of non-ortho nitro benzene ring substituents is 1. The quantitative estimate of drug-likeness (QED) is 0.443. The molecular formula is C12H10BrN5O6. The number of hydrogen-bond donors (Lipinski definition) is 2. The second-order valence-electron chi connectivity index (χ2n) is 4.64. The maximum absolute atomic E-state index is 12.0. The van der Waals surface area contributed by atoms with Crippen molar-refractivity contribution in [3.63, 3.8) is 0 Å². The molecule has 2 aromatic rings. The van der Waals surface area contributed by atoms with Gasteiger partial charge in [0.25, 0.3) is 5.69 Å². The molecule has 0 saturated carbocycles. The second-order valence-corrected chi connectivity index (χ2v) is 5.44. The molecule has 0 saturated heterocycles. The van der Waals surface area contributed by atoms with Crippen molar-refractivity contribution in [2.75, 3.05) is 5.32 Å². The Bertz CT molecular complexity index is 849. The van der Waals surface area contributed by atoms with Crippen molar-refractivity contribution in [1.82, 2.24) is 9.78 Å². The number of anilines is 1. The van der Waals surface area contributed by atoms with E-state index in [2.05, 4.69) is 26.3 Å². The molecular weight excluding hydrogens is 390 g/mol. The summed E-state index contributed by atoms with van der Waals surface area (Å²) in [6.07, 6.45) is 0. The first-order valence-electron chi connectivity index (χ1n) is 6.35. The van der Waals surface area contributed by atoms with Gasteiger partial charge in [-0.25, -0.2) is 0 Å². The number of halogens is 1. The third-order valence-corrected chi connectivity index (χ3v) is 3.98. The molecule has 0 unspecified atom stereocenters. The van der Waals surface area contributed by atoms with E-state index in [-0.39, 0.29) is 28.1 Å². The van der Waals surface area contributed by atoms with E-state index in [0.717, 1.165) is 22.9 Å². The van der Waals surface area contributed by atoms with Crippen molar-refractivity contribution in [3.05, 3.63) is 48.6 Å².